The standard InChI is InChI=1S/C11H12FNO3/c1-6-3-8(5-14)10(9(12)4-6)16-11(15)7(2)13/h3-5,7H,13H2,1-2H3/t7-/m0/s1. The third-order valence-corrected chi connectivity index (χ3v) is 1.92. The van der Waals surface area contributed by atoms with E-state index in [0.717, 1.165) is 0 Å². The number of benzene rings is 1. The predicted molar refractivity (Wildman–Crippen MR) is 55.8 cm³/mol. The minimum atomic E-state index is -0.875. The maximum atomic E-state index is 13.4. The topological polar surface area (TPSA) is 69.4 Å². The lowest BCUT2D eigenvalue weighted by molar-refractivity contribution is -0.135. The van der Waals surface area contributed by atoms with Gasteiger partial charge in [0, 0.05) is 0 Å². The number of halogens is 1. The van der Waals surface area contributed by atoms with Gasteiger partial charge in [0.25, 0.3) is 0 Å². The molecule has 0 saturated heterocycles. The summed E-state index contributed by atoms with van der Waals surface area (Å²) in [6.07, 6.45) is 0.430. The van der Waals surface area contributed by atoms with Crippen molar-refractivity contribution in [2.75, 3.05) is 0 Å². The Bertz CT molecular complexity index is 429. The first-order valence-corrected chi connectivity index (χ1v) is 4.68. The lowest BCUT2D eigenvalue weighted by atomic mass is 10.1. The number of carbonyl (C=O) groups is 2. The Balaban J connectivity index is 3.12. The highest BCUT2D eigenvalue weighted by Crippen LogP contribution is 2.23. The molecule has 0 bridgehead atoms. The van der Waals surface area contributed by atoms with E-state index in [1.807, 2.05) is 0 Å². The monoisotopic (exact) mass is 225 g/mol. The molecule has 4 nitrogen and oxygen atoms in total. The van der Waals surface area contributed by atoms with Gasteiger partial charge < -0.3 is 10.5 Å². The molecule has 1 aromatic carbocycles. The molecule has 0 aliphatic rings. The van der Waals surface area contributed by atoms with Crippen molar-refractivity contribution in [1.29, 1.82) is 0 Å². The minimum absolute atomic E-state index is 0.00787. The molecule has 1 atom stereocenters. The summed E-state index contributed by atoms with van der Waals surface area (Å²) in [6, 6.07) is 1.73. The molecule has 0 spiro atoms. The zero-order valence-corrected chi connectivity index (χ0v) is 8.99. The molecular weight excluding hydrogens is 213 g/mol. The SMILES string of the molecule is Cc1cc(F)c(OC(=O)[C@H](C)N)c(C=O)c1. The molecule has 0 saturated carbocycles. The van der Waals surface area contributed by atoms with Gasteiger partial charge in [0.05, 0.1) is 5.56 Å². The third kappa shape index (κ3) is 2.64. The highest BCUT2D eigenvalue weighted by Gasteiger charge is 2.17. The Labute approximate surface area is 92.2 Å². The molecule has 0 radical (unpaired) electrons. The van der Waals surface area contributed by atoms with E-state index in [2.05, 4.69) is 0 Å². The molecule has 0 aromatic heterocycles. The molecule has 0 unspecified atom stereocenters. The summed E-state index contributed by atoms with van der Waals surface area (Å²) < 4.78 is 18.2. The van der Waals surface area contributed by atoms with Gasteiger partial charge in [0.1, 0.15) is 6.04 Å². The summed E-state index contributed by atoms with van der Waals surface area (Å²) in [4.78, 5) is 21.9. The van der Waals surface area contributed by atoms with Crippen LogP contribution in [0.4, 0.5) is 4.39 Å². The van der Waals surface area contributed by atoms with Crippen molar-refractivity contribution in [3.05, 3.63) is 29.1 Å². The Kier molecular flexibility index (Phi) is 3.73. The van der Waals surface area contributed by atoms with Crippen molar-refractivity contribution in [2.45, 2.75) is 19.9 Å². The third-order valence-electron chi connectivity index (χ3n) is 1.92. The fourth-order valence-corrected chi connectivity index (χ4v) is 1.14. The molecule has 86 valence electrons. The maximum Gasteiger partial charge on any atom is 0.328 e. The van der Waals surface area contributed by atoms with Crippen molar-refractivity contribution >= 4 is 12.3 Å². The van der Waals surface area contributed by atoms with Crippen molar-refractivity contribution in [3.63, 3.8) is 0 Å². The van der Waals surface area contributed by atoms with Crippen LogP contribution in [-0.4, -0.2) is 18.3 Å². The number of aldehydes is 1. The van der Waals surface area contributed by atoms with Crippen LogP contribution in [0, 0.1) is 12.7 Å². The fraction of sp³-hybridized carbons (Fsp3) is 0.273. The number of esters is 1. The minimum Gasteiger partial charge on any atom is -0.421 e. The molecule has 5 heteroatoms. The largest absolute Gasteiger partial charge is 0.421 e. The number of carbonyl (C=O) groups excluding carboxylic acids is 2. The fourth-order valence-electron chi connectivity index (χ4n) is 1.14. The lowest BCUT2D eigenvalue weighted by Gasteiger charge is -2.10. The number of aryl methyl sites for hydroxylation is 1. The van der Waals surface area contributed by atoms with Crippen molar-refractivity contribution in [1.82, 2.24) is 0 Å². The summed E-state index contributed by atoms with van der Waals surface area (Å²) in [5.74, 6) is -1.91. The smallest absolute Gasteiger partial charge is 0.328 e. The Morgan fingerprint density at radius 2 is 2.19 bits per heavy atom. The van der Waals surface area contributed by atoms with Gasteiger partial charge >= 0.3 is 5.97 Å². The van der Waals surface area contributed by atoms with Gasteiger partial charge in [-0.2, -0.15) is 0 Å². The number of rotatable bonds is 3. The average Bonchev–Trinajstić information content (AvgIpc) is 2.21. The van der Waals surface area contributed by atoms with E-state index in [9.17, 15) is 14.0 Å². The van der Waals surface area contributed by atoms with Gasteiger partial charge in [-0.15, -0.1) is 0 Å². The molecule has 1 aromatic rings. The second-order valence-corrected chi connectivity index (χ2v) is 3.49. The van der Waals surface area contributed by atoms with Crippen LogP contribution in [0.3, 0.4) is 0 Å². The Hall–Kier alpha value is -1.75. The highest BCUT2D eigenvalue weighted by molar-refractivity contribution is 5.84. The molecule has 0 aliphatic carbocycles. The molecule has 0 amide bonds. The maximum absolute atomic E-state index is 13.4. The number of hydrogen-bond donors (Lipinski definition) is 1. The summed E-state index contributed by atoms with van der Waals surface area (Å²) in [7, 11) is 0. The number of ether oxygens (including phenoxy) is 1. The van der Waals surface area contributed by atoms with Gasteiger partial charge in [-0.05, 0) is 31.5 Å². The number of nitrogens with two attached hydrogens (primary N) is 1. The second-order valence-electron chi connectivity index (χ2n) is 3.49. The van der Waals surface area contributed by atoms with Gasteiger partial charge in [-0.1, -0.05) is 0 Å². The van der Waals surface area contributed by atoms with E-state index in [1.165, 1.54) is 19.1 Å². The zero-order valence-electron chi connectivity index (χ0n) is 8.99. The van der Waals surface area contributed by atoms with Crippen molar-refractivity contribution < 1.29 is 18.7 Å². The van der Waals surface area contributed by atoms with Crippen LogP contribution in [0.2, 0.25) is 0 Å². The Morgan fingerprint density at radius 1 is 1.56 bits per heavy atom. The highest BCUT2D eigenvalue weighted by atomic mass is 19.1. The van der Waals surface area contributed by atoms with Crippen LogP contribution < -0.4 is 10.5 Å². The molecule has 1 rings (SSSR count). The van der Waals surface area contributed by atoms with E-state index in [4.69, 9.17) is 10.5 Å². The first-order valence-electron chi connectivity index (χ1n) is 4.68. The van der Waals surface area contributed by atoms with Gasteiger partial charge in [-0.3, -0.25) is 4.79 Å². The predicted octanol–water partition coefficient (Wildman–Crippen LogP) is 1.20. The van der Waals surface area contributed by atoms with Crippen molar-refractivity contribution in [3.8, 4) is 5.75 Å². The quantitative estimate of drug-likeness (QED) is 0.476. The molecule has 0 heterocycles. The molecule has 2 N–H and O–H groups in total. The van der Waals surface area contributed by atoms with Crippen LogP contribution in [0.1, 0.15) is 22.8 Å². The molecule has 16 heavy (non-hydrogen) atoms. The Morgan fingerprint density at radius 3 is 2.69 bits per heavy atom. The van der Waals surface area contributed by atoms with E-state index in [0.29, 0.717) is 11.8 Å². The number of hydrogen-bond acceptors (Lipinski definition) is 4. The van der Waals surface area contributed by atoms with Crippen molar-refractivity contribution in [2.24, 2.45) is 5.73 Å². The lowest BCUT2D eigenvalue weighted by Crippen LogP contribution is -2.31. The van der Waals surface area contributed by atoms with Crippen LogP contribution in [0.5, 0.6) is 5.75 Å². The molecule has 0 fully saturated rings. The molecular formula is C11H12FNO3. The van der Waals surface area contributed by atoms with E-state index in [1.54, 1.807) is 6.92 Å². The van der Waals surface area contributed by atoms with Gasteiger partial charge in [0.15, 0.2) is 17.9 Å². The summed E-state index contributed by atoms with van der Waals surface area (Å²) in [6.45, 7) is 3.04. The van der Waals surface area contributed by atoms with Gasteiger partial charge in [0.2, 0.25) is 0 Å². The van der Waals surface area contributed by atoms with Crippen LogP contribution in [0.15, 0.2) is 12.1 Å². The van der Waals surface area contributed by atoms with Gasteiger partial charge in [-0.25, -0.2) is 9.18 Å². The normalized spacial score (nSPS) is 12.0. The zero-order chi connectivity index (χ0) is 12.3. The van der Waals surface area contributed by atoms with E-state index >= 15 is 0 Å². The van der Waals surface area contributed by atoms with Crippen LogP contribution in [0.25, 0.3) is 0 Å². The second kappa shape index (κ2) is 4.85. The first-order chi connectivity index (χ1) is 7.45. The van der Waals surface area contributed by atoms with E-state index in [-0.39, 0.29) is 11.3 Å². The van der Waals surface area contributed by atoms with E-state index < -0.39 is 17.8 Å². The summed E-state index contributed by atoms with van der Waals surface area (Å²) >= 11 is 0. The molecule has 0 aliphatic heterocycles. The summed E-state index contributed by atoms with van der Waals surface area (Å²) in [5.41, 5.74) is 5.83. The van der Waals surface area contributed by atoms with Crippen LogP contribution >= 0.6 is 0 Å². The average molecular weight is 225 g/mol. The summed E-state index contributed by atoms with van der Waals surface area (Å²) in [5, 5.41) is 0. The van der Waals surface area contributed by atoms with Crippen LogP contribution in [-0.2, 0) is 4.79 Å². The first kappa shape index (κ1) is 12.3.